The molecule has 2 heteroatoms. The van der Waals surface area contributed by atoms with E-state index >= 15 is 0 Å². The number of hydrogen-bond donors (Lipinski definition) is 0. The van der Waals surface area contributed by atoms with Gasteiger partial charge < -0.3 is 0 Å². The number of allylic oxidation sites excluding steroid dienone is 1. The van der Waals surface area contributed by atoms with Crippen molar-refractivity contribution in [2.45, 2.75) is 12.8 Å². The molecule has 0 aliphatic carbocycles. The van der Waals surface area contributed by atoms with Crippen LogP contribution in [0, 0.1) is 0 Å². The van der Waals surface area contributed by atoms with Crippen molar-refractivity contribution in [1.82, 2.24) is 0 Å². The smallest absolute Gasteiger partial charge is 0.174 e. The molecule has 2 rings (SSSR count). The Hall–Kier alpha value is -1.70. The number of rotatable bonds is 3. The molecule has 0 aliphatic heterocycles. The molecule has 0 aromatic heterocycles. The van der Waals surface area contributed by atoms with Crippen molar-refractivity contribution in [2.24, 2.45) is 0 Å². The van der Waals surface area contributed by atoms with Crippen molar-refractivity contribution >= 4 is 10.8 Å². The highest BCUT2D eigenvalue weighted by atomic mass is 19.3. The number of benzene rings is 2. The second kappa shape index (κ2) is 4.88. The van der Waals surface area contributed by atoms with Crippen LogP contribution < -0.4 is 0 Å². The lowest BCUT2D eigenvalue weighted by atomic mass is 10.0. The lowest BCUT2D eigenvalue weighted by Crippen LogP contribution is -1.83. The molecule has 0 fully saturated rings. The van der Waals surface area contributed by atoms with Gasteiger partial charge in [0.2, 0.25) is 0 Å². The van der Waals surface area contributed by atoms with Crippen molar-refractivity contribution in [3.8, 4) is 0 Å². The second-order valence-corrected chi connectivity index (χ2v) is 3.71. The van der Waals surface area contributed by atoms with Gasteiger partial charge in [0, 0.05) is 0 Å². The maximum Gasteiger partial charge on any atom is 0.266 e. The zero-order valence-electron chi connectivity index (χ0n) is 8.79. The Balaban J connectivity index is 2.16. The molecule has 0 heterocycles. The van der Waals surface area contributed by atoms with E-state index in [-0.39, 0.29) is 0 Å². The average Bonchev–Trinajstić information content (AvgIpc) is 2.28. The van der Waals surface area contributed by atoms with E-state index in [9.17, 15) is 8.78 Å². The maximum absolute atomic E-state index is 11.9. The van der Waals surface area contributed by atoms with Gasteiger partial charge in [-0.05, 0) is 35.3 Å². The van der Waals surface area contributed by atoms with Crippen LogP contribution in [0.3, 0.4) is 0 Å². The van der Waals surface area contributed by atoms with Crippen LogP contribution in [0.2, 0.25) is 0 Å². The van der Waals surface area contributed by atoms with Crippen LogP contribution in [0.15, 0.2) is 54.6 Å². The number of halogens is 2. The predicted octanol–water partition coefficient (Wildman–Crippen LogP) is 4.55. The highest BCUT2D eigenvalue weighted by Crippen LogP contribution is 2.17. The molecule has 2 aromatic rings. The summed E-state index contributed by atoms with van der Waals surface area (Å²) in [6, 6.07) is 14.1. The third-order valence-electron chi connectivity index (χ3n) is 2.55. The van der Waals surface area contributed by atoms with Gasteiger partial charge in [0.15, 0.2) is 0 Å². The molecule has 0 radical (unpaired) electrons. The Morgan fingerprint density at radius 3 is 2.50 bits per heavy atom. The lowest BCUT2D eigenvalue weighted by molar-refractivity contribution is 0.417. The van der Waals surface area contributed by atoms with Crippen LogP contribution in [0.5, 0.6) is 0 Å². The summed E-state index contributed by atoms with van der Waals surface area (Å²) in [7, 11) is 0. The first-order chi connectivity index (χ1) is 7.75. The highest BCUT2D eigenvalue weighted by molar-refractivity contribution is 5.82. The molecule has 0 aliphatic rings. The van der Waals surface area contributed by atoms with Crippen molar-refractivity contribution in [3.05, 3.63) is 60.2 Å². The van der Waals surface area contributed by atoms with E-state index in [0.717, 1.165) is 17.0 Å². The van der Waals surface area contributed by atoms with Crippen LogP contribution >= 0.6 is 0 Å². The van der Waals surface area contributed by atoms with Gasteiger partial charge in [-0.15, -0.1) is 0 Å². The molecule has 0 spiro atoms. The molecule has 0 N–H and O–H groups in total. The Bertz CT molecular complexity index is 511. The third kappa shape index (κ3) is 2.66. The molecule has 0 amide bonds. The molecule has 0 nitrogen and oxygen atoms in total. The van der Waals surface area contributed by atoms with Gasteiger partial charge in [-0.3, -0.25) is 0 Å². The summed E-state index contributed by atoms with van der Waals surface area (Å²) in [6.07, 6.45) is 0.415. The average molecular weight is 218 g/mol. The second-order valence-electron chi connectivity index (χ2n) is 3.71. The van der Waals surface area contributed by atoms with Crippen LogP contribution in [-0.4, -0.2) is 0 Å². The first kappa shape index (κ1) is 10.8. The topological polar surface area (TPSA) is 0 Å². The number of aryl methyl sites for hydroxylation is 1. The van der Waals surface area contributed by atoms with E-state index < -0.39 is 6.08 Å². The maximum atomic E-state index is 11.9. The fourth-order valence-corrected chi connectivity index (χ4v) is 1.74. The highest BCUT2D eigenvalue weighted by Gasteiger charge is 1.96. The fourth-order valence-electron chi connectivity index (χ4n) is 1.74. The van der Waals surface area contributed by atoms with Crippen LogP contribution in [0.4, 0.5) is 8.78 Å². The largest absolute Gasteiger partial charge is 0.266 e. The summed E-state index contributed by atoms with van der Waals surface area (Å²) in [5, 5.41) is 2.34. The molecule has 0 bridgehead atoms. The summed E-state index contributed by atoms with van der Waals surface area (Å²) in [6.45, 7) is 0. The van der Waals surface area contributed by atoms with Gasteiger partial charge in [-0.25, -0.2) is 0 Å². The standard InChI is InChI=1S/C14H12F2/c15-14(16)7-3-4-11-8-9-12-5-1-2-6-13(12)10-11/h1-2,5-10H,3-4H2. The molecule has 16 heavy (non-hydrogen) atoms. The summed E-state index contributed by atoms with van der Waals surface area (Å²) in [5.41, 5.74) is 1.09. The Labute approximate surface area is 93.2 Å². The molecule has 0 unspecified atom stereocenters. The van der Waals surface area contributed by atoms with E-state index in [1.165, 1.54) is 5.39 Å². The van der Waals surface area contributed by atoms with Crippen molar-refractivity contribution in [1.29, 1.82) is 0 Å². The Morgan fingerprint density at radius 1 is 1.00 bits per heavy atom. The Morgan fingerprint density at radius 2 is 1.75 bits per heavy atom. The fraction of sp³-hybridized carbons (Fsp3) is 0.143. The third-order valence-corrected chi connectivity index (χ3v) is 2.55. The first-order valence-electron chi connectivity index (χ1n) is 5.24. The number of fused-ring (bicyclic) bond motifs is 1. The normalized spacial score (nSPS) is 10.4. The van der Waals surface area contributed by atoms with Crippen LogP contribution in [-0.2, 0) is 6.42 Å². The van der Waals surface area contributed by atoms with Gasteiger partial charge in [-0.1, -0.05) is 42.5 Å². The summed E-state index contributed by atoms with van der Waals surface area (Å²) in [5.74, 6) is 0. The van der Waals surface area contributed by atoms with Gasteiger partial charge in [-0.2, -0.15) is 8.78 Å². The molecular weight excluding hydrogens is 206 g/mol. The zero-order chi connectivity index (χ0) is 11.4. The van der Waals surface area contributed by atoms with Crippen molar-refractivity contribution < 1.29 is 8.78 Å². The van der Waals surface area contributed by atoms with Crippen molar-refractivity contribution in [3.63, 3.8) is 0 Å². The van der Waals surface area contributed by atoms with E-state index in [2.05, 4.69) is 6.07 Å². The SMILES string of the molecule is FC(F)=CCCc1ccc2ccccc2c1. The molecule has 0 saturated heterocycles. The van der Waals surface area contributed by atoms with Gasteiger partial charge in [0.1, 0.15) is 0 Å². The Kier molecular flexibility index (Phi) is 3.30. The first-order valence-corrected chi connectivity index (χ1v) is 5.24. The summed E-state index contributed by atoms with van der Waals surface area (Å²) >= 11 is 0. The van der Waals surface area contributed by atoms with Crippen LogP contribution in [0.25, 0.3) is 10.8 Å². The minimum atomic E-state index is -1.60. The van der Waals surface area contributed by atoms with Crippen LogP contribution in [0.1, 0.15) is 12.0 Å². The number of hydrogen-bond acceptors (Lipinski definition) is 0. The molecular formula is C14H12F2. The molecule has 2 aromatic carbocycles. The monoisotopic (exact) mass is 218 g/mol. The van der Waals surface area contributed by atoms with E-state index in [4.69, 9.17) is 0 Å². The van der Waals surface area contributed by atoms with E-state index in [1.54, 1.807) is 0 Å². The quantitative estimate of drug-likeness (QED) is 0.708. The molecule has 0 atom stereocenters. The minimum Gasteiger partial charge on any atom is -0.174 e. The molecule has 82 valence electrons. The van der Waals surface area contributed by atoms with E-state index in [0.29, 0.717) is 12.8 Å². The molecule has 0 saturated carbocycles. The summed E-state index contributed by atoms with van der Waals surface area (Å²) < 4.78 is 23.7. The predicted molar refractivity (Wildman–Crippen MR) is 62.6 cm³/mol. The van der Waals surface area contributed by atoms with E-state index in [1.807, 2.05) is 36.4 Å². The van der Waals surface area contributed by atoms with Gasteiger partial charge >= 0.3 is 0 Å². The minimum absolute atomic E-state index is 0.390. The lowest BCUT2D eigenvalue weighted by Gasteiger charge is -2.01. The van der Waals surface area contributed by atoms with Gasteiger partial charge in [0.05, 0.1) is 0 Å². The summed E-state index contributed by atoms with van der Waals surface area (Å²) in [4.78, 5) is 0. The zero-order valence-corrected chi connectivity index (χ0v) is 8.79. The van der Waals surface area contributed by atoms with Gasteiger partial charge in [0.25, 0.3) is 6.08 Å². The van der Waals surface area contributed by atoms with Crippen molar-refractivity contribution in [2.75, 3.05) is 0 Å².